The first-order valence-electron chi connectivity index (χ1n) is 5.31. The van der Waals surface area contributed by atoms with E-state index in [1.54, 1.807) is 17.2 Å². The molecule has 0 spiro atoms. The average molecular weight is 230 g/mol. The highest BCUT2D eigenvalue weighted by Crippen LogP contribution is 2.06. The molecular formula is C12H14N4O. The predicted octanol–water partition coefficient (Wildman–Crippen LogP) is 2.43. The summed E-state index contributed by atoms with van der Waals surface area (Å²) >= 11 is 0. The van der Waals surface area contributed by atoms with Crippen molar-refractivity contribution in [1.29, 1.82) is 0 Å². The van der Waals surface area contributed by atoms with Gasteiger partial charge < -0.3 is 4.42 Å². The van der Waals surface area contributed by atoms with Gasteiger partial charge in [-0.05, 0) is 44.6 Å². The fourth-order valence-electron chi connectivity index (χ4n) is 1.41. The number of aromatic nitrogens is 3. The number of allylic oxidation sites excluding steroid dienone is 1. The fraction of sp³-hybridized carbons (Fsp3) is 0.250. The monoisotopic (exact) mass is 230 g/mol. The second-order valence-electron chi connectivity index (χ2n) is 3.75. The Balaban J connectivity index is 2.16. The van der Waals surface area contributed by atoms with Gasteiger partial charge in [-0.1, -0.05) is 0 Å². The molecule has 0 aliphatic carbocycles. The van der Waals surface area contributed by atoms with E-state index in [4.69, 9.17) is 4.42 Å². The van der Waals surface area contributed by atoms with E-state index in [-0.39, 0.29) is 0 Å². The molecule has 2 aromatic heterocycles. The molecule has 0 radical (unpaired) electrons. The molecule has 0 atom stereocenters. The molecule has 17 heavy (non-hydrogen) atoms. The molecule has 5 heteroatoms. The van der Waals surface area contributed by atoms with Gasteiger partial charge in [0.1, 0.15) is 5.76 Å². The first kappa shape index (κ1) is 11.3. The highest BCUT2D eigenvalue weighted by molar-refractivity contribution is 5.83. The van der Waals surface area contributed by atoms with E-state index < -0.39 is 0 Å². The largest absolute Gasteiger partial charge is 0.465 e. The van der Waals surface area contributed by atoms with Crippen LogP contribution in [0.3, 0.4) is 0 Å². The van der Waals surface area contributed by atoms with Gasteiger partial charge in [-0.3, -0.25) is 0 Å². The smallest absolute Gasteiger partial charge is 0.151 e. The summed E-state index contributed by atoms with van der Waals surface area (Å²) in [6, 6.07) is 3.75. The van der Waals surface area contributed by atoms with E-state index in [0.29, 0.717) is 0 Å². The van der Waals surface area contributed by atoms with Crippen LogP contribution in [0.15, 0.2) is 33.5 Å². The molecule has 0 bridgehead atoms. The van der Waals surface area contributed by atoms with Crippen LogP contribution in [0.25, 0.3) is 6.08 Å². The minimum absolute atomic E-state index is 0.768. The van der Waals surface area contributed by atoms with Crippen LogP contribution in [0.5, 0.6) is 0 Å². The summed E-state index contributed by atoms with van der Waals surface area (Å²) in [6.45, 7) is 5.69. The van der Waals surface area contributed by atoms with Crippen LogP contribution >= 0.6 is 0 Å². The SMILES string of the molecule is CC(C=Nn1c(C)nnc1C)=Cc1ccco1. The van der Waals surface area contributed by atoms with Crippen molar-refractivity contribution in [2.24, 2.45) is 5.10 Å². The zero-order chi connectivity index (χ0) is 12.3. The molecule has 0 saturated heterocycles. The number of nitrogens with zero attached hydrogens (tertiary/aromatic N) is 4. The molecule has 2 aromatic rings. The Morgan fingerprint density at radius 3 is 2.65 bits per heavy atom. The van der Waals surface area contributed by atoms with Gasteiger partial charge in [0.2, 0.25) is 0 Å². The second-order valence-corrected chi connectivity index (χ2v) is 3.75. The number of aryl methyl sites for hydroxylation is 2. The molecule has 0 aliphatic rings. The first-order valence-corrected chi connectivity index (χ1v) is 5.31. The summed E-state index contributed by atoms with van der Waals surface area (Å²) in [5.74, 6) is 2.35. The van der Waals surface area contributed by atoms with Gasteiger partial charge in [0.05, 0.1) is 12.5 Å². The summed E-state index contributed by atoms with van der Waals surface area (Å²) in [5.41, 5.74) is 0.993. The molecule has 0 fully saturated rings. The molecule has 0 unspecified atom stereocenters. The number of hydrogen-bond donors (Lipinski definition) is 0. The van der Waals surface area contributed by atoms with Crippen LogP contribution in [0.2, 0.25) is 0 Å². The van der Waals surface area contributed by atoms with Crippen molar-refractivity contribution < 1.29 is 4.42 Å². The maximum Gasteiger partial charge on any atom is 0.151 e. The summed E-state index contributed by atoms with van der Waals surface area (Å²) in [4.78, 5) is 0. The van der Waals surface area contributed by atoms with Crippen molar-refractivity contribution in [3.8, 4) is 0 Å². The summed E-state index contributed by atoms with van der Waals surface area (Å²) in [7, 11) is 0. The van der Waals surface area contributed by atoms with Crippen LogP contribution < -0.4 is 0 Å². The molecule has 0 aliphatic heterocycles. The molecule has 2 heterocycles. The van der Waals surface area contributed by atoms with E-state index in [1.807, 2.05) is 39.0 Å². The minimum Gasteiger partial charge on any atom is -0.465 e. The molecule has 88 valence electrons. The molecule has 5 nitrogen and oxygen atoms in total. The lowest BCUT2D eigenvalue weighted by Crippen LogP contribution is -1.95. The van der Waals surface area contributed by atoms with Crippen LogP contribution in [0.1, 0.15) is 24.3 Å². The average Bonchev–Trinajstić information content (AvgIpc) is 2.88. The van der Waals surface area contributed by atoms with Crippen molar-refractivity contribution in [2.45, 2.75) is 20.8 Å². The van der Waals surface area contributed by atoms with Crippen molar-refractivity contribution in [1.82, 2.24) is 14.9 Å². The Labute approximate surface area is 99.5 Å². The third-order valence-corrected chi connectivity index (χ3v) is 2.24. The van der Waals surface area contributed by atoms with Gasteiger partial charge in [0.15, 0.2) is 11.6 Å². The fourth-order valence-corrected chi connectivity index (χ4v) is 1.41. The molecule has 0 aromatic carbocycles. The van der Waals surface area contributed by atoms with Crippen molar-refractivity contribution in [3.63, 3.8) is 0 Å². The number of hydrogen-bond acceptors (Lipinski definition) is 4. The topological polar surface area (TPSA) is 56.2 Å². The van der Waals surface area contributed by atoms with E-state index in [1.165, 1.54) is 0 Å². The maximum absolute atomic E-state index is 5.22. The predicted molar refractivity (Wildman–Crippen MR) is 65.7 cm³/mol. The van der Waals surface area contributed by atoms with Gasteiger partial charge in [0.25, 0.3) is 0 Å². The number of furan rings is 1. The Morgan fingerprint density at radius 2 is 2.06 bits per heavy atom. The lowest BCUT2D eigenvalue weighted by atomic mass is 10.3. The lowest BCUT2D eigenvalue weighted by Gasteiger charge is -1.96. The molecule has 0 amide bonds. The molecule has 0 saturated carbocycles. The standard InChI is InChI=1S/C12H14N4O/c1-9(7-12-5-4-6-17-12)8-13-16-10(2)14-15-11(16)3/h4-8H,1-3H3. The Morgan fingerprint density at radius 1 is 1.35 bits per heavy atom. The first-order chi connectivity index (χ1) is 8.16. The quantitative estimate of drug-likeness (QED) is 0.761. The van der Waals surface area contributed by atoms with E-state index in [0.717, 1.165) is 23.0 Å². The van der Waals surface area contributed by atoms with Gasteiger partial charge in [-0.2, -0.15) is 5.10 Å². The van der Waals surface area contributed by atoms with Gasteiger partial charge in [-0.15, -0.1) is 10.2 Å². The van der Waals surface area contributed by atoms with Crippen LogP contribution in [0.4, 0.5) is 0 Å². The summed E-state index contributed by atoms with van der Waals surface area (Å²) < 4.78 is 6.91. The van der Waals surface area contributed by atoms with E-state index in [2.05, 4.69) is 15.3 Å². The highest BCUT2D eigenvalue weighted by Gasteiger charge is 2.00. The third-order valence-electron chi connectivity index (χ3n) is 2.24. The summed E-state index contributed by atoms with van der Waals surface area (Å²) in [5, 5.41) is 12.2. The van der Waals surface area contributed by atoms with Gasteiger partial charge in [-0.25, -0.2) is 4.68 Å². The Kier molecular flexibility index (Phi) is 3.18. The third kappa shape index (κ3) is 2.69. The Hall–Kier alpha value is -2.17. The molecular weight excluding hydrogens is 216 g/mol. The normalized spacial score (nSPS) is 12.5. The highest BCUT2D eigenvalue weighted by atomic mass is 16.3. The van der Waals surface area contributed by atoms with Crippen molar-refractivity contribution in [2.75, 3.05) is 0 Å². The Bertz CT molecular complexity index is 530. The van der Waals surface area contributed by atoms with E-state index >= 15 is 0 Å². The van der Waals surface area contributed by atoms with Crippen LogP contribution in [-0.2, 0) is 0 Å². The molecule has 2 rings (SSSR count). The van der Waals surface area contributed by atoms with Gasteiger partial charge >= 0.3 is 0 Å². The summed E-state index contributed by atoms with van der Waals surface area (Å²) in [6.07, 6.45) is 5.31. The van der Waals surface area contributed by atoms with Crippen molar-refractivity contribution >= 4 is 12.3 Å². The lowest BCUT2D eigenvalue weighted by molar-refractivity contribution is 0.557. The minimum atomic E-state index is 0.768. The zero-order valence-corrected chi connectivity index (χ0v) is 10.1. The van der Waals surface area contributed by atoms with Crippen LogP contribution in [-0.4, -0.2) is 21.1 Å². The zero-order valence-electron chi connectivity index (χ0n) is 10.1. The van der Waals surface area contributed by atoms with Crippen LogP contribution in [0, 0.1) is 13.8 Å². The second kappa shape index (κ2) is 4.78. The maximum atomic E-state index is 5.22. The van der Waals surface area contributed by atoms with E-state index in [9.17, 15) is 0 Å². The molecule has 0 N–H and O–H groups in total. The number of rotatable bonds is 3. The van der Waals surface area contributed by atoms with Crippen molar-refractivity contribution in [3.05, 3.63) is 41.4 Å². The van der Waals surface area contributed by atoms with Gasteiger partial charge in [0, 0.05) is 0 Å².